The highest BCUT2D eigenvalue weighted by Crippen LogP contribution is 2.18. The Morgan fingerprint density at radius 1 is 1.07 bits per heavy atom. The van der Waals surface area contributed by atoms with E-state index < -0.39 is 14.9 Å². The second-order valence-corrected chi connectivity index (χ2v) is 8.49. The van der Waals surface area contributed by atoms with Gasteiger partial charge in [0.2, 0.25) is 10.0 Å². The van der Waals surface area contributed by atoms with Crippen LogP contribution in [0.2, 0.25) is 0 Å². The Balaban J connectivity index is 2.15. The third kappa shape index (κ3) is 5.25. The first-order valence-electron chi connectivity index (χ1n) is 8.43. The average Bonchev–Trinajstić information content (AvgIpc) is 2.62. The maximum Gasteiger partial charge on any atom is 0.269 e. The highest BCUT2D eigenvalue weighted by molar-refractivity contribution is 7.89. The molecule has 0 aromatic heterocycles. The molecule has 2 rings (SSSR count). The van der Waals surface area contributed by atoms with Gasteiger partial charge in [0, 0.05) is 37.5 Å². The molecule has 146 valence electrons. The van der Waals surface area contributed by atoms with Crippen LogP contribution in [0.4, 0.5) is 11.4 Å². The van der Waals surface area contributed by atoms with Crippen LogP contribution < -0.4 is 14.5 Å². The molecule has 27 heavy (non-hydrogen) atoms. The Bertz CT molecular complexity index is 879. The lowest BCUT2D eigenvalue weighted by molar-refractivity contribution is -0.890. The quantitative estimate of drug-likeness (QED) is 0.511. The van der Waals surface area contributed by atoms with E-state index in [2.05, 4.69) is 4.72 Å². The summed E-state index contributed by atoms with van der Waals surface area (Å²) in [5, 5.41) is 10.7. The first kappa shape index (κ1) is 20.8. The van der Waals surface area contributed by atoms with Gasteiger partial charge < -0.3 is 9.80 Å². The number of quaternary nitrogens is 1. The molecule has 0 aliphatic rings. The van der Waals surface area contributed by atoms with Crippen LogP contribution in [0.1, 0.15) is 11.6 Å². The van der Waals surface area contributed by atoms with Crippen molar-refractivity contribution in [3.63, 3.8) is 0 Å². The Labute approximate surface area is 159 Å². The van der Waals surface area contributed by atoms with Gasteiger partial charge >= 0.3 is 0 Å². The van der Waals surface area contributed by atoms with Crippen LogP contribution in [-0.2, 0) is 10.0 Å². The predicted molar refractivity (Wildman–Crippen MR) is 105 cm³/mol. The van der Waals surface area contributed by atoms with Gasteiger partial charge in [-0.3, -0.25) is 10.1 Å². The van der Waals surface area contributed by atoms with Crippen LogP contribution in [0.5, 0.6) is 0 Å². The molecule has 0 aliphatic carbocycles. The number of nitrogens with zero attached hydrogens (tertiary/aromatic N) is 2. The van der Waals surface area contributed by atoms with Gasteiger partial charge in [0.25, 0.3) is 5.69 Å². The molecule has 8 nitrogen and oxygen atoms in total. The molecule has 0 aliphatic heterocycles. The lowest BCUT2D eigenvalue weighted by Crippen LogP contribution is -3.07. The van der Waals surface area contributed by atoms with E-state index in [1.165, 1.54) is 24.3 Å². The van der Waals surface area contributed by atoms with E-state index in [0.29, 0.717) is 0 Å². The van der Waals surface area contributed by atoms with Crippen molar-refractivity contribution in [1.82, 2.24) is 4.72 Å². The molecule has 0 amide bonds. The van der Waals surface area contributed by atoms with Crippen molar-refractivity contribution in [2.75, 3.05) is 39.6 Å². The van der Waals surface area contributed by atoms with Crippen LogP contribution in [0, 0.1) is 10.1 Å². The molecule has 2 N–H and O–H groups in total. The van der Waals surface area contributed by atoms with Crippen LogP contribution in [-0.4, -0.2) is 48.1 Å². The highest BCUT2D eigenvalue weighted by Gasteiger charge is 2.22. The largest absolute Gasteiger partial charge is 0.378 e. The first-order chi connectivity index (χ1) is 12.6. The number of anilines is 1. The zero-order chi connectivity index (χ0) is 20.2. The fourth-order valence-electron chi connectivity index (χ4n) is 2.68. The SMILES string of the molecule is CN(C)c1ccc([C@@H](CNS(=O)(=O)c2ccc([N+](=O)[O-])cc2)[NH+](C)C)cc1. The minimum absolute atomic E-state index is 0.00330. The molecule has 0 bridgehead atoms. The first-order valence-corrected chi connectivity index (χ1v) is 9.91. The summed E-state index contributed by atoms with van der Waals surface area (Å²) in [6.07, 6.45) is 0. The number of nitro benzene ring substituents is 1. The summed E-state index contributed by atoms with van der Waals surface area (Å²) < 4.78 is 27.6. The van der Waals surface area contributed by atoms with Crippen molar-refractivity contribution in [3.05, 3.63) is 64.2 Å². The second kappa shape index (κ2) is 8.47. The normalized spacial score (nSPS) is 12.8. The molecule has 2 aromatic rings. The van der Waals surface area contributed by atoms with Gasteiger partial charge in [-0.2, -0.15) is 0 Å². The van der Waals surface area contributed by atoms with Crippen LogP contribution in [0.25, 0.3) is 0 Å². The van der Waals surface area contributed by atoms with E-state index >= 15 is 0 Å². The van der Waals surface area contributed by atoms with E-state index in [1.54, 1.807) is 0 Å². The fraction of sp³-hybridized carbons (Fsp3) is 0.333. The van der Waals surface area contributed by atoms with E-state index in [9.17, 15) is 18.5 Å². The number of sulfonamides is 1. The Morgan fingerprint density at radius 2 is 1.63 bits per heavy atom. The zero-order valence-electron chi connectivity index (χ0n) is 15.8. The van der Waals surface area contributed by atoms with E-state index in [4.69, 9.17) is 0 Å². The van der Waals surface area contributed by atoms with Crippen LogP contribution in [0.3, 0.4) is 0 Å². The monoisotopic (exact) mass is 393 g/mol. The number of non-ortho nitro benzene ring substituents is 1. The molecule has 9 heteroatoms. The van der Waals surface area contributed by atoms with E-state index in [0.717, 1.165) is 16.2 Å². The standard InChI is InChI=1S/C18H24N4O4S/c1-20(2)15-7-5-14(6-8-15)18(21(3)4)13-19-27(25,26)17-11-9-16(10-12-17)22(23)24/h5-12,18-19H,13H2,1-4H3/p+1/t18-/m1/s1. The van der Waals surface area contributed by atoms with Crippen molar-refractivity contribution in [3.8, 4) is 0 Å². The third-order valence-corrected chi connectivity index (χ3v) is 5.78. The number of benzene rings is 2. The average molecular weight is 393 g/mol. The van der Waals surface area contributed by atoms with Crippen LogP contribution in [0.15, 0.2) is 53.4 Å². The lowest BCUT2D eigenvalue weighted by atomic mass is 10.1. The molecule has 0 unspecified atom stereocenters. The minimum Gasteiger partial charge on any atom is -0.378 e. The molecule has 0 saturated heterocycles. The molecule has 0 saturated carbocycles. The fourth-order valence-corrected chi connectivity index (χ4v) is 3.73. The topological polar surface area (TPSA) is 97.0 Å². The molecule has 0 heterocycles. The van der Waals surface area contributed by atoms with E-state index in [1.807, 2.05) is 57.4 Å². The number of hydrogen-bond donors (Lipinski definition) is 2. The Morgan fingerprint density at radius 3 is 2.07 bits per heavy atom. The van der Waals surface area contributed by atoms with Gasteiger partial charge in [-0.05, 0) is 24.3 Å². The predicted octanol–water partition coefficient (Wildman–Crippen LogP) is 0.825. The molecule has 0 spiro atoms. The maximum atomic E-state index is 12.5. The van der Waals surface area contributed by atoms with E-state index in [-0.39, 0.29) is 23.2 Å². The molecule has 0 radical (unpaired) electrons. The summed E-state index contributed by atoms with van der Waals surface area (Å²) >= 11 is 0. The van der Waals surface area contributed by atoms with Crippen LogP contribution >= 0.6 is 0 Å². The molecular weight excluding hydrogens is 368 g/mol. The Kier molecular flexibility index (Phi) is 6.53. The third-order valence-electron chi connectivity index (χ3n) is 4.34. The van der Waals surface area contributed by atoms with Gasteiger partial charge in [0.1, 0.15) is 6.04 Å². The van der Waals surface area contributed by atoms with Gasteiger partial charge in [-0.1, -0.05) is 12.1 Å². The van der Waals surface area contributed by atoms with Crippen molar-refractivity contribution in [1.29, 1.82) is 0 Å². The van der Waals surface area contributed by atoms with Crippen molar-refractivity contribution < 1.29 is 18.2 Å². The van der Waals surface area contributed by atoms with Gasteiger partial charge in [0.05, 0.1) is 30.5 Å². The Hall–Kier alpha value is -2.49. The molecule has 1 atom stereocenters. The van der Waals surface area contributed by atoms with Crippen molar-refractivity contribution in [2.45, 2.75) is 10.9 Å². The number of likely N-dealkylation sites (N-methyl/N-ethyl adjacent to an activating group) is 1. The molecular formula is C18H25N4O4S+. The second-order valence-electron chi connectivity index (χ2n) is 6.72. The summed E-state index contributed by atoms with van der Waals surface area (Å²) in [5.41, 5.74) is 1.94. The number of rotatable bonds is 8. The maximum absolute atomic E-state index is 12.5. The van der Waals surface area contributed by atoms with Gasteiger partial charge in [-0.25, -0.2) is 13.1 Å². The molecule has 2 aromatic carbocycles. The summed E-state index contributed by atoms with van der Waals surface area (Å²) in [6, 6.07) is 12.8. The summed E-state index contributed by atoms with van der Waals surface area (Å²) in [7, 11) is 4.09. The molecule has 0 fully saturated rings. The van der Waals surface area contributed by atoms with Crippen molar-refractivity contribution in [2.24, 2.45) is 0 Å². The summed E-state index contributed by atoms with van der Waals surface area (Å²) in [5.74, 6) is 0. The zero-order valence-corrected chi connectivity index (χ0v) is 16.7. The highest BCUT2D eigenvalue weighted by atomic mass is 32.2. The number of nitrogens with one attached hydrogen (secondary N) is 2. The number of nitro groups is 1. The summed E-state index contributed by atoms with van der Waals surface area (Å²) in [4.78, 5) is 13.2. The minimum atomic E-state index is -3.76. The summed E-state index contributed by atoms with van der Waals surface area (Å²) in [6.45, 7) is 0.211. The van der Waals surface area contributed by atoms with Gasteiger partial charge in [0.15, 0.2) is 0 Å². The lowest BCUT2D eigenvalue weighted by Gasteiger charge is -2.23. The number of hydrogen-bond acceptors (Lipinski definition) is 5. The smallest absolute Gasteiger partial charge is 0.269 e. The van der Waals surface area contributed by atoms with Gasteiger partial charge in [-0.15, -0.1) is 0 Å². The van der Waals surface area contributed by atoms with Crippen molar-refractivity contribution >= 4 is 21.4 Å².